The van der Waals surface area contributed by atoms with Crippen LogP contribution in [0.4, 0.5) is 5.69 Å². The van der Waals surface area contributed by atoms with E-state index < -0.39 is 0 Å². The van der Waals surface area contributed by atoms with Crippen molar-refractivity contribution >= 4 is 34.2 Å². The van der Waals surface area contributed by atoms with Crippen LogP contribution in [0.25, 0.3) is 11.0 Å². The number of nitrogens with one attached hydrogen (secondary N) is 1. The fraction of sp³-hybridized carbons (Fsp3) is 0.417. The van der Waals surface area contributed by atoms with E-state index in [1.54, 1.807) is 12.1 Å². The topological polar surface area (TPSA) is 50.2 Å². The highest BCUT2D eigenvalue weighted by atomic mass is 35.5. The maximum atomic E-state index is 12.6. The first-order chi connectivity index (χ1) is 14.4. The lowest BCUT2D eigenvalue weighted by Gasteiger charge is -2.30. The van der Waals surface area contributed by atoms with Gasteiger partial charge in [-0.1, -0.05) is 30.7 Å². The van der Waals surface area contributed by atoms with Crippen LogP contribution in [0.5, 0.6) is 0 Å². The smallest absolute Gasteiger partial charge is 0.257 e. The fourth-order valence-corrected chi connectivity index (χ4v) is 4.40. The molecule has 0 unspecified atom stereocenters. The second-order valence-corrected chi connectivity index (χ2v) is 9.00. The summed E-state index contributed by atoms with van der Waals surface area (Å²) in [5.41, 5.74) is 3.19. The molecule has 6 heteroatoms. The summed E-state index contributed by atoms with van der Waals surface area (Å²) in [7, 11) is 0. The molecule has 0 spiro atoms. The zero-order valence-corrected chi connectivity index (χ0v) is 18.6. The number of likely N-dealkylation sites (tertiary alicyclic amines) is 1. The van der Waals surface area contributed by atoms with Crippen LogP contribution in [0.3, 0.4) is 0 Å². The Morgan fingerprint density at radius 1 is 1.20 bits per heavy atom. The van der Waals surface area contributed by atoms with Gasteiger partial charge in [-0.15, -0.1) is 0 Å². The number of benzene rings is 2. The fourth-order valence-electron chi connectivity index (χ4n) is 4.18. The first-order valence-corrected chi connectivity index (χ1v) is 11.1. The van der Waals surface area contributed by atoms with Gasteiger partial charge in [0.05, 0.1) is 28.2 Å². The van der Waals surface area contributed by atoms with Crippen LogP contribution in [0.1, 0.15) is 55.8 Å². The van der Waals surface area contributed by atoms with Crippen LogP contribution in [-0.2, 0) is 6.54 Å². The number of hydrogen-bond acceptors (Lipinski definition) is 3. The maximum Gasteiger partial charge on any atom is 0.257 e. The van der Waals surface area contributed by atoms with Gasteiger partial charge in [0.25, 0.3) is 5.91 Å². The molecule has 1 aromatic heterocycles. The largest absolute Gasteiger partial charge is 0.324 e. The summed E-state index contributed by atoms with van der Waals surface area (Å²) in [4.78, 5) is 20.1. The number of imidazole rings is 1. The Hall–Kier alpha value is -2.37. The molecule has 3 aromatic rings. The van der Waals surface area contributed by atoms with Crippen molar-refractivity contribution in [3.63, 3.8) is 0 Å². The summed E-state index contributed by atoms with van der Waals surface area (Å²) >= 11 is 6.16. The van der Waals surface area contributed by atoms with Crippen LogP contribution >= 0.6 is 11.6 Å². The standard InChI is InChI=1S/C24H29ClN4O/c1-16(2)29-22-9-8-18(26-24(30)19-6-4-5-7-20(19)25)14-21(22)27-23(29)15-28-12-10-17(3)11-13-28/h4-9,14,16-17H,10-13,15H2,1-3H3,(H,26,30). The van der Waals surface area contributed by atoms with Gasteiger partial charge in [0.15, 0.2) is 0 Å². The van der Waals surface area contributed by atoms with Crippen molar-refractivity contribution in [1.82, 2.24) is 14.5 Å². The molecule has 1 aliphatic heterocycles. The molecule has 158 valence electrons. The van der Waals surface area contributed by atoms with Gasteiger partial charge in [-0.05, 0) is 76.0 Å². The molecule has 0 atom stereocenters. The lowest BCUT2D eigenvalue weighted by atomic mass is 9.99. The normalized spacial score (nSPS) is 15.8. The van der Waals surface area contributed by atoms with Gasteiger partial charge in [0, 0.05) is 11.7 Å². The number of carbonyl (C=O) groups is 1. The summed E-state index contributed by atoms with van der Waals surface area (Å²) in [6.45, 7) is 9.83. The molecular formula is C24H29ClN4O. The minimum absolute atomic E-state index is 0.217. The van der Waals surface area contributed by atoms with E-state index in [-0.39, 0.29) is 5.91 Å². The van der Waals surface area contributed by atoms with Gasteiger partial charge >= 0.3 is 0 Å². The number of piperidine rings is 1. The van der Waals surface area contributed by atoms with Crippen molar-refractivity contribution in [2.24, 2.45) is 5.92 Å². The molecule has 0 aliphatic carbocycles. The van der Waals surface area contributed by atoms with Crippen LogP contribution in [-0.4, -0.2) is 33.4 Å². The molecule has 1 N–H and O–H groups in total. The molecule has 4 rings (SSSR count). The second kappa shape index (κ2) is 8.78. The zero-order valence-electron chi connectivity index (χ0n) is 17.9. The van der Waals surface area contributed by atoms with Crippen molar-refractivity contribution < 1.29 is 4.79 Å². The van der Waals surface area contributed by atoms with E-state index in [0.29, 0.717) is 16.6 Å². The average molecular weight is 425 g/mol. The van der Waals surface area contributed by atoms with Gasteiger partial charge in [0.1, 0.15) is 5.82 Å². The Bertz CT molecular complexity index is 1050. The predicted molar refractivity (Wildman–Crippen MR) is 123 cm³/mol. The minimum atomic E-state index is -0.217. The molecule has 0 radical (unpaired) electrons. The van der Waals surface area contributed by atoms with Crippen molar-refractivity contribution in [2.45, 2.75) is 46.2 Å². The first-order valence-electron chi connectivity index (χ1n) is 10.7. The molecule has 0 bridgehead atoms. The van der Waals surface area contributed by atoms with Crippen molar-refractivity contribution in [3.05, 3.63) is 58.9 Å². The molecule has 30 heavy (non-hydrogen) atoms. The number of fused-ring (bicyclic) bond motifs is 1. The summed E-state index contributed by atoms with van der Waals surface area (Å²) in [6.07, 6.45) is 2.50. The van der Waals surface area contributed by atoms with Gasteiger partial charge in [-0.2, -0.15) is 0 Å². The number of aromatic nitrogens is 2. The number of amides is 1. The van der Waals surface area contributed by atoms with Crippen LogP contribution in [0.2, 0.25) is 5.02 Å². The van der Waals surface area contributed by atoms with E-state index in [1.807, 2.05) is 30.3 Å². The quantitative estimate of drug-likeness (QED) is 0.566. The molecular weight excluding hydrogens is 396 g/mol. The summed E-state index contributed by atoms with van der Waals surface area (Å²) in [5.74, 6) is 1.68. The number of nitrogens with zero attached hydrogens (tertiary/aromatic N) is 3. The third kappa shape index (κ3) is 4.37. The molecule has 1 saturated heterocycles. The summed E-state index contributed by atoms with van der Waals surface area (Å²) < 4.78 is 2.31. The van der Waals surface area contributed by atoms with Crippen molar-refractivity contribution in [2.75, 3.05) is 18.4 Å². The predicted octanol–water partition coefficient (Wildman–Crippen LogP) is 5.75. The van der Waals surface area contributed by atoms with E-state index in [2.05, 4.69) is 35.6 Å². The Labute approximate surface area is 183 Å². The van der Waals surface area contributed by atoms with Gasteiger partial charge < -0.3 is 9.88 Å². The minimum Gasteiger partial charge on any atom is -0.324 e. The van der Waals surface area contributed by atoms with Crippen molar-refractivity contribution in [1.29, 1.82) is 0 Å². The third-order valence-corrected chi connectivity index (χ3v) is 6.23. The van der Waals surface area contributed by atoms with E-state index >= 15 is 0 Å². The Balaban J connectivity index is 1.59. The molecule has 1 amide bonds. The molecule has 1 fully saturated rings. The van der Waals surface area contributed by atoms with Crippen LogP contribution in [0, 0.1) is 5.92 Å². The van der Waals surface area contributed by atoms with Gasteiger partial charge in [0.2, 0.25) is 0 Å². The molecule has 2 heterocycles. The summed E-state index contributed by atoms with van der Waals surface area (Å²) in [5, 5.41) is 3.40. The molecule has 5 nitrogen and oxygen atoms in total. The summed E-state index contributed by atoms with van der Waals surface area (Å²) in [6, 6.07) is 13.3. The zero-order chi connectivity index (χ0) is 21.3. The van der Waals surface area contributed by atoms with E-state index in [9.17, 15) is 4.79 Å². The molecule has 1 aliphatic rings. The lowest BCUT2D eigenvalue weighted by Crippen LogP contribution is -2.33. The van der Waals surface area contributed by atoms with Gasteiger partial charge in [-0.25, -0.2) is 4.98 Å². The number of rotatable bonds is 5. The lowest BCUT2D eigenvalue weighted by molar-refractivity contribution is 0.102. The maximum absolute atomic E-state index is 12.6. The highest BCUT2D eigenvalue weighted by Gasteiger charge is 2.20. The van der Waals surface area contributed by atoms with Crippen LogP contribution < -0.4 is 5.32 Å². The van der Waals surface area contributed by atoms with E-state index in [4.69, 9.17) is 16.6 Å². The number of halogens is 1. The Morgan fingerprint density at radius 3 is 2.63 bits per heavy atom. The highest BCUT2D eigenvalue weighted by Crippen LogP contribution is 2.27. The SMILES string of the molecule is CC1CCN(Cc2nc3cc(NC(=O)c4ccccc4Cl)ccc3n2C(C)C)CC1. The van der Waals surface area contributed by atoms with Gasteiger partial charge in [-0.3, -0.25) is 9.69 Å². The van der Waals surface area contributed by atoms with E-state index in [0.717, 1.165) is 48.1 Å². The van der Waals surface area contributed by atoms with Crippen LogP contribution in [0.15, 0.2) is 42.5 Å². The Morgan fingerprint density at radius 2 is 1.93 bits per heavy atom. The number of anilines is 1. The molecule has 0 saturated carbocycles. The first kappa shape index (κ1) is 20.9. The monoisotopic (exact) mass is 424 g/mol. The average Bonchev–Trinajstić information content (AvgIpc) is 3.07. The van der Waals surface area contributed by atoms with Crippen molar-refractivity contribution in [3.8, 4) is 0 Å². The number of carbonyl (C=O) groups excluding carboxylic acids is 1. The molecule has 2 aromatic carbocycles. The van der Waals surface area contributed by atoms with E-state index in [1.165, 1.54) is 12.8 Å². The number of hydrogen-bond donors (Lipinski definition) is 1. The Kier molecular flexibility index (Phi) is 6.11. The second-order valence-electron chi connectivity index (χ2n) is 8.59. The third-order valence-electron chi connectivity index (χ3n) is 5.90. The highest BCUT2D eigenvalue weighted by molar-refractivity contribution is 6.34.